The molecule has 0 aliphatic carbocycles. The van der Waals surface area contributed by atoms with Crippen molar-refractivity contribution in [3.63, 3.8) is 0 Å². The second-order valence-corrected chi connectivity index (χ2v) is 6.53. The van der Waals surface area contributed by atoms with Gasteiger partial charge in [0.2, 0.25) is 0 Å². The Morgan fingerprint density at radius 1 is 1.29 bits per heavy atom. The largest absolute Gasteiger partial charge is 0.460 e. The first-order chi connectivity index (χ1) is 8.18. The molecule has 1 rings (SSSR count). The smallest absolute Gasteiger partial charge is 0.411 e. The first kappa shape index (κ1) is 13.6. The molecule has 0 saturated carbocycles. The molecule has 4 nitrogen and oxygen atoms in total. The maximum atomic E-state index is 11.1. The van der Waals surface area contributed by atoms with Gasteiger partial charge in [-0.15, -0.1) is 0 Å². The number of hydrogen-bond acceptors (Lipinski definition) is 4. The van der Waals surface area contributed by atoms with Crippen molar-refractivity contribution in [2.24, 2.45) is 0 Å². The minimum atomic E-state index is -2.69. The van der Waals surface area contributed by atoms with Gasteiger partial charge in [0.1, 0.15) is 6.23 Å². The zero-order chi connectivity index (χ0) is 12.7. The van der Waals surface area contributed by atoms with Crippen LogP contribution in [0, 0.1) is 0 Å². The van der Waals surface area contributed by atoms with Crippen molar-refractivity contribution in [1.82, 2.24) is 0 Å². The molecular formula is C12H16O4Si. The molecular weight excluding hydrogens is 236 g/mol. The summed E-state index contributed by atoms with van der Waals surface area (Å²) in [6, 6.07) is 9.50. The summed E-state index contributed by atoms with van der Waals surface area (Å²) in [5, 5.41) is 0.918. The van der Waals surface area contributed by atoms with Crippen molar-refractivity contribution < 1.29 is 18.4 Å². The van der Waals surface area contributed by atoms with Crippen LogP contribution in [0.2, 0.25) is 0 Å². The van der Waals surface area contributed by atoms with E-state index >= 15 is 0 Å². The predicted octanol–water partition coefficient (Wildman–Crippen LogP) is 0.897. The van der Waals surface area contributed by atoms with E-state index in [1.54, 1.807) is 14.2 Å². The van der Waals surface area contributed by atoms with E-state index in [2.05, 4.69) is 6.58 Å². The molecule has 1 aromatic rings. The molecule has 0 aliphatic rings. The Morgan fingerprint density at radius 2 is 1.88 bits per heavy atom. The van der Waals surface area contributed by atoms with Crippen LogP contribution in [-0.4, -0.2) is 35.0 Å². The van der Waals surface area contributed by atoms with Gasteiger partial charge in [-0.2, -0.15) is 0 Å². The molecule has 0 aromatic heterocycles. The molecule has 0 heterocycles. The molecule has 0 atom stereocenters. The first-order valence-corrected chi connectivity index (χ1v) is 7.16. The van der Waals surface area contributed by atoms with Crippen LogP contribution < -0.4 is 5.19 Å². The van der Waals surface area contributed by atoms with Gasteiger partial charge in [0.25, 0.3) is 0 Å². The molecule has 0 amide bonds. The summed E-state index contributed by atoms with van der Waals surface area (Å²) < 4.78 is 16.0. The van der Waals surface area contributed by atoms with Gasteiger partial charge in [0, 0.05) is 20.3 Å². The van der Waals surface area contributed by atoms with Crippen LogP contribution in [0.5, 0.6) is 0 Å². The lowest BCUT2D eigenvalue weighted by molar-refractivity contribution is -0.136. The Bertz CT molecular complexity index is 373. The van der Waals surface area contributed by atoms with E-state index in [9.17, 15) is 4.79 Å². The molecule has 1 aromatic carbocycles. The molecule has 0 N–H and O–H groups in total. The van der Waals surface area contributed by atoms with E-state index in [-0.39, 0.29) is 6.23 Å². The number of ether oxygens (including phenoxy) is 1. The van der Waals surface area contributed by atoms with Crippen LogP contribution >= 0.6 is 0 Å². The maximum Gasteiger partial charge on any atom is 0.411 e. The monoisotopic (exact) mass is 252 g/mol. The maximum absolute atomic E-state index is 11.1. The normalized spacial score (nSPS) is 10.9. The zero-order valence-electron chi connectivity index (χ0n) is 10.0. The average molecular weight is 252 g/mol. The Morgan fingerprint density at radius 3 is 2.35 bits per heavy atom. The summed E-state index contributed by atoms with van der Waals surface area (Å²) in [5.74, 6) is -0.480. The van der Waals surface area contributed by atoms with E-state index in [1.807, 2.05) is 30.3 Å². The second-order valence-electron chi connectivity index (χ2n) is 3.34. The fourth-order valence-electron chi connectivity index (χ4n) is 1.44. The second kappa shape index (κ2) is 6.34. The molecule has 0 unspecified atom stereocenters. The highest BCUT2D eigenvalue weighted by molar-refractivity contribution is 6.81. The summed E-state index contributed by atoms with van der Waals surface area (Å²) in [6.07, 6.45) is 1.23. The Hall–Kier alpha value is -1.43. The van der Waals surface area contributed by atoms with Crippen molar-refractivity contribution >= 4 is 19.7 Å². The molecule has 0 spiro atoms. The van der Waals surface area contributed by atoms with Gasteiger partial charge >= 0.3 is 14.5 Å². The third-order valence-electron chi connectivity index (χ3n) is 2.44. The molecule has 5 heteroatoms. The summed E-state index contributed by atoms with van der Waals surface area (Å²) in [6.45, 7) is 3.34. The molecule has 0 aliphatic heterocycles. The lowest BCUT2D eigenvalue weighted by atomic mass is 10.4. The SMILES string of the molecule is C=CC(=O)OC[Si](OC)(OC)c1ccccc1. The van der Waals surface area contributed by atoms with Crippen molar-refractivity contribution in [1.29, 1.82) is 0 Å². The Kier molecular flexibility index (Phi) is 5.08. The fourth-order valence-corrected chi connectivity index (χ4v) is 3.51. The standard InChI is InChI=1S/C12H16O4Si/c1-4-12(13)16-10-17(14-2,15-3)11-8-6-5-7-9-11/h4-9H,1,10H2,2-3H3. The van der Waals surface area contributed by atoms with Crippen LogP contribution in [0.25, 0.3) is 0 Å². The van der Waals surface area contributed by atoms with E-state index in [0.29, 0.717) is 0 Å². The number of benzene rings is 1. The first-order valence-electron chi connectivity index (χ1n) is 5.13. The number of carbonyl (C=O) groups excluding carboxylic acids is 1. The van der Waals surface area contributed by atoms with Crippen LogP contribution in [0.3, 0.4) is 0 Å². The van der Waals surface area contributed by atoms with Crippen LogP contribution in [0.15, 0.2) is 43.0 Å². The van der Waals surface area contributed by atoms with Gasteiger partial charge in [0.15, 0.2) is 0 Å². The topological polar surface area (TPSA) is 44.8 Å². The highest BCUT2D eigenvalue weighted by Crippen LogP contribution is 2.07. The third-order valence-corrected chi connectivity index (χ3v) is 5.50. The highest BCUT2D eigenvalue weighted by Gasteiger charge is 2.40. The van der Waals surface area contributed by atoms with E-state index in [4.69, 9.17) is 13.6 Å². The van der Waals surface area contributed by atoms with Crippen molar-refractivity contribution in [3.05, 3.63) is 43.0 Å². The van der Waals surface area contributed by atoms with Gasteiger partial charge in [-0.25, -0.2) is 4.79 Å². The highest BCUT2D eigenvalue weighted by atomic mass is 28.4. The molecule has 0 fully saturated rings. The lowest BCUT2D eigenvalue weighted by Gasteiger charge is -2.26. The van der Waals surface area contributed by atoms with Gasteiger partial charge in [0.05, 0.1) is 0 Å². The van der Waals surface area contributed by atoms with Crippen LogP contribution in [-0.2, 0) is 18.4 Å². The number of carbonyl (C=O) groups is 1. The number of rotatable bonds is 6. The molecule has 17 heavy (non-hydrogen) atoms. The van der Waals surface area contributed by atoms with Crippen molar-refractivity contribution in [3.8, 4) is 0 Å². The summed E-state index contributed by atoms with van der Waals surface area (Å²) in [7, 11) is 0.431. The lowest BCUT2D eigenvalue weighted by Crippen LogP contribution is -2.57. The van der Waals surface area contributed by atoms with Crippen LogP contribution in [0.4, 0.5) is 0 Å². The van der Waals surface area contributed by atoms with E-state index < -0.39 is 14.5 Å². The Labute approximate surface area is 102 Å². The quantitative estimate of drug-likeness (QED) is 0.428. The zero-order valence-corrected chi connectivity index (χ0v) is 11.0. The van der Waals surface area contributed by atoms with Crippen LogP contribution in [0.1, 0.15) is 0 Å². The van der Waals surface area contributed by atoms with Crippen molar-refractivity contribution in [2.45, 2.75) is 0 Å². The summed E-state index contributed by atoms with van der Waals surface area (Å²) in [5.41, 5.74) is 0. The van der Waals surface area contributed by atoms with Gasteiger partial charge in [-0.1, -0.05) is 36.9 Å². The number of hydrogen-bond donors (Lipinski definition) is 0. The molecule has 0 bridgehead atoms. The third kappa shape index (κ3) is 3.26. The fraction of sp³-hybridized carbons (Fsp3) is 0.250. The van der Waals surface area contributed by atoms with Crippen molar-refractivity contribution in [2.75, 3.05) is 20.4 Å². The minimum Gasteiger partial charge on any atom is -0.460 e. The molecule has 0 saturated heterocycles. The van der Waals surface area contributed by atoms with Gasteiger partial charge in [-0.05, 0) is 5.19 Å². The summed E-state index contributed by atoms with van der Waals surface area (Å²) in [4.78, 5) is 11.1. The molecule has 92 valence electrons. The van der Waals surface area contributed by atoms with E-state index in [1.165, 1.54) is 0 Å². The minimum absolute atomic E-state index is 0.106. The van der Waals surface area contributed by atoms with Gasteiger partial charge in [-0.3, -0.25) is 0 Å². The van der Waals surface area contributed by atoms with E-state index in [0.717, 1.165) is 11.3 Å². The average Bonchev–Trinajstić information content (AvgIpc) is 2.41. The summed E-state index contributed by atoms with van der Waals surface area (Å²) >= 11 is 0. The predicted molar refractivity (Wildman–Crippen MR) is 67.0 cm³/mol. The Balaban J connectivity index is 2.89. The number of esters is 1. The molecule has 0 radical (unpaired) electrons. The van der Waals surface area contributed by atoms with Gasteiger partial charge < -0.3 is 13.6 Å².